The van der Waals surface area contributed by atoms with Gasteiger partial charge < -0.3 is 4.90 Å². The van der Waals surface area contributed by atoms with Gasteiger partial charge in [-0.05, 0) is 125 Å². The molecular weight excluding hydrogens is 831 g/mol. The van der Waals surface area contributed by atoms with Crippen LogP contribution >= 0.6 is 0 Å². The highest BCUT2D eigenvalue weighted by Gasteiger charge is 2.53. The van der Waals surface area contributed by atoms with E-state index < -0.39 is 10.8 Å². The van der Waals surface area contributed by atoms with Gasteiger partial charge in [-0.2, -0.15) is 0 Å². The van der Waals surface area contributed by atoms with Gasteiger partial charge in [0.1, 0.15) is 0 Å². The molecular formula is C68H45N. The smallest absolute Gasteiger partial charge is 0.0726 e. The lowest BCUT2D eigenvalue weighted by atomic mass is 9.65. The molecule has 0 heterocycles. The third kappa shape index (κ3) is 5.59. The van der Waals surface area contributed by atoms with E-state index in [1.54, 1.807) is 0 Å². The molecule has 0 aliphatic heterocycles. The summed E-state index contributed by atoms with van der Waals surface area (Å²) in [6.45, 7) is 0. The molecule has 0 saturated carbocycles. The molecule has 0 N–H and O–H groups in total. The van der Waals surface area contributed by atoms with Gasteiger partial charge in [0.2, 0.25) is 0 Å². The fourth-order valence-corrected chi connectivity index (χ4v) is 12.6. The van der Waals surface area contributed by atoms with Crippen molar-refractivity contribution in [3.8, 4) is 55.6 Å². The molecule has 0 bridgehead atoms. The predicted molar refractivity (Wildman–Crippen MR) is 286 cm³/mol. The molecule has 0 amide bonds. The van der Waals surface area contributed by atoms with Crippen LogP contribution in [0.5, 0.6) is 0 Å². The second kappa shape index (κ2) is 15.4. The molecule has 0 saturated heterocycles. The zero-order valence-electron chi connectivity index (χ0n) is 37.9. The topological polar surface area (TPSA) is 3.24 Å². The molecule has 14 rings (SSSR count). The van der Waals surface area contributed by atoms with Gasteiger partial charge in [0.15, 0.2) is 0 Å². The van der Waals surface area contributed by atoms with Gasteiger partial charge in [-0.3, -0.25) is 0 Å². The van der Waals surface area contributed by atoms with Gasteiger partial charge in [-0.25, -0.2) is 0 Å². The molecule has 3 aliphatic rings. The summed E-state index contributed by atoms with van der Waals surface area (Å²) in [5, 5.41) is 0. The van der Waals surface area contributed by atoms with E-state index in [9.17, 15) is 0 Å². The minimum Gasteiger partial charge on any atom is -0.310 e. The van der Waals surface area contributed by atoms with Crippen LogP contribution in [0.25, 0.3) is 55.6 Å². The first-order valence-electron chi connectivity index (χ1n) is 24.1. The molecule has 322 valence electrons. The summed E-state index contributed by atoms with van der Waals surface area (Å²) in [7, 11) is 0. The number of anilines is 3. The lowest BCUT2D eigenvalue weighted by molar-refractivity contribution is 0.751. The van der Waals surface area contributed by atoms with E-state index in [1.165, 1.54) is 100 Å². The van der Waals surface area contributed by atoms with E-state index in [-0.39, 0.29) is 0 Å². The van der Waals surface area contributed by atoms with Crippen LogP contribution in [0.4, 0.5) is 17.1 Å². The molecule has 3 aliphatic carbocycles. The van der Waals surface area contributed by atoms with Gasteiger partial charge in [0, 0.05) is 16.9 Å². The van der Waals surface area contributed by atoms with Crippen LogP contribution in [0.15, 0.2) is 273 Å². The Labute approximate surface area is 403 Å². The third-order valence-corrected chi connectivity index (χ3v) is 15.4. The van der Waals surface area contributed by atoms with Gasteiger partial charge in [-0.1, -0.05) is 243 Å². The first kappa shape index (κ1) is 39.4. The van der Waals surface area contributed by atoms with E-state index in [4.69, 9.17) is 0 Å². The lowest BCUT2D eigenvalue weighted by Gasteiger charge is -2.36. The number of hydrogen-bond donors (Lipinski definition) is 0. The summed E-state index contributed by atoms with van der Waals surface area (Å²) < 4.78 is 0. The Hall–Kier alpha value is -8.78. The maximum absolute atomic E-state index is 2.60. The van der Waals surface area contributed by atoms with Crippen molar-refractivity contribution in [3.05, 3.63) is 317 Å². The van der Waals surface area contributed by atoms with Gasteiger partial charge >= 0.3 is 0 Å². The van der Waals surface area contributed by atoms with Crippen LogP contribution < -0.4 is 4.90 Å². The van der Waals surface area contributed by atoms with Gasteiger partial charge in [-0.15, -0.1) is 0 Å². The van der Waals surface area contributed by atoms with Crippen LogP contribution in [0, 0.1) is 0 Å². The van der Waals surface area contributed by atoms with Crippen molar-refractivity contribution < 1.29 is 0 Å². The van der Waals surface area contributed by atoms with Crippen molar-refractivity contribution >= 4 is 17.1 Å². The number of para-hydroxylation sites is 1. The maximum Gasteiger partial charge on any atom is 0.0726 e. The van der Waals surface area contributed by atoms with E-state index >= 15 is 0 Å². The van der Waals surface area contributed by atoms with Crippen molar-refractivity contribution in [1.82, 2.24) is 0 Å². The third-order valence-electron chi connectivity index (χ3n) is 15.4. The highest BCUT2D eigenvalue weighted by atomic mass is 15.1. The molecule has 11 aromatic carbocycles. The highest BCUT2D eigenvalue weighted by molar-refractivity contribution is 5.98. The van der Waals surface area contributed by atoms with Crippen LogP contribution in [0.3, 0.4) is 0 Å². The molecule has 0 fully saturated rings. The molecule has 1 spiro atoms. The highest BCUT2D eigenvalue weighted by Crippen LogP contribution is 2.65. The summed E-state index contributed by atoms with van der Waals surface area (Å²) >= 11 is 0. The fraction of sp³-hybridized carbons (Fsp3) is 0.0294. The Morgan fingerprint density at radius 3 is 1.17 bits per heavy atom. The Morgan fingerprint density at radius 1 is 0.217 bits per heavy atom. The number of fused-ring (bicyclic) bond motifs is 13. The van der Waals surface area contributed by atoms with Crippen molar-refractivity contribution in [3.63, 3.8) is 0 Å². The van der Waals surface area contributed by atoms with Crippen LogP contribution in [0.1, 0.15) is 44.5 Å². The zero-order valence-corrected chi connectivity index (χ0v) is 37.9. The summed E-state index contributed by atoms with van der Waals surface area (Å²) in [6, 6.07) is 102. The molecule has 1 heteroatoms. The molecule has 1 nitrogen and oxygen atoms in total. The summed E-state index contributed by atoms with van der Waals surface area (Å²) in [6.07, 6.45) is 0. The predicted octanol–water partition coefficient (Wildman–Crippen LogP) is 17.2. The standard InChI is InChI=1S/C68H45N/c1-4-20-46(21-5-1)47-36-39-51(40-37-47)69(66-35-19-14-26-53(66)48-22-6-2-7-23-48)52-41-43-59-58-42-38-50(44-64(58)68(65(59)45-52)62-33-17-12-29-56(62)57-30-13-18-34-63(57)68)67(49-24-8-3-9-25-49)60-31-15-10-27-54(60)55-28-11-16-32-61(55)67/h1-45H. The van der Waals surface area contributed by atoms with Crippen molar-refractivity contribution in [2.24, 2.45) is 0 Å². The number of rotatable bonds is 7. The van der Waals surface area contributed by atoms with E-state index in [1.807, 2.05) is 0 Å². The van der Waals surface area contributed by atoms with Crippen LogP contribution in [-0.4, -0.2) is 0 Å². The molecule has 0 radical (unpaired) electrons. The summed E-state index contributed by atoms with van der Waals surface area (Å²) in [5.74, 6) is 0. The second-order valence-corrected chi connectivity index (χ2v) is 18.7. The van der Waals surface area contributed by atoms with Crippen molar-refractivity contribution in [2.45, 2.75) is 10.8 Å². The average molecular weight is 876 g/mol. The monoisotopic (exact) mass is 875 g/mol. The lowest BCUT2D eigenvalue weighted by Crippen LogP contribution is -2.30. The minimum atomic E-state index is -0.596. The summed E-state index contributed by atoms with van der Waals surface area (Å²) in [4.78, 5) is 2.48. The fourth-order valence-electron chi connectivity index (χ4n) is 12.6. The molecule has 0 unspecified atom stereocenters. The molecule has 11 aromatic rings. The maximum atomic E-state index is 2.60. The van der Waals surface area contributed by atoms with Crippen molar-refractivity contribution in [1.29, 1.82) is 0 Å². The zero-order chi connectivity index (χ0) is 45.5. The second-order valence-electron chi connectivity index (χ2n) is 18.7. The Kier molecular flexibility index (Phi) is 8.78. The number of hydrogen-bond acceptors (Lipinski definition) is 1. The van der Waals surface area contributed by atoms with E-state index in [0.29, 0.717) is 0 Å². The van der Waals surface area contributed by atoms with Gasteiger partial charge in [0.05, 0.1) is 16.5 Å². The molecule has 0 aromatic heterocycles. The van der Waals surface area contributed by atoms with Crippen molar-refractivity contribution in [2.75, 3.05) is 4.90 Å². The average Bonchev–Trinajstić information content (AvgIpc) is 4.02. The molecule has 0 atom stereocenters. The Balaban J connectivity index is 1.04. The van der Waals surface area contributed by atoms with Gasteiger partial charge in [0.25, 0.3) is 0 Å². The van der Waals surface area contributed by atoms with Crippen LogP contribution in [0.2, 0.25) is 0 Å². The quantitative estimate of drug-likeness (QED) is 0.154. The largest absolute Gasteiger partial charge is 0.310 e. The number of benzene rings is 11. The Morgan fingerprint density at radius 2 is 0.609 bits per heavy atom. The number of nitrogens with zero attached hydrogens (tertiary/aromatic N) is 1. The minimum absolute atomic E-state index is 0.536. The summed E-state index contributed by atoms with van der Waals surface area (Å²) in [5.41, 5.74) is 25.1. The normalized spacial score (nSPS) is 13.7. The SMILES string of the molecule is c1ccc(-c2ccc(N(c3ccc4c(c3)C3(c5ccccc5-c5ccccc53)c3cc(C5(c6ccccc6)c6ccccc6-c6ccccc65)ccc3-4)c3ccccc3-c3ccccc3)cc2)cc1. The van der Waals surface area contributed by atoms with E-state index in [0.717, 1.165) is 17.1 Å². The first-order chi connectivity index (χ1) is 34.2. The van der Waals surface area contributed by atoms with Crippen LogP contribution in [-0.2, 0) is 10.8 Å². The van der Waals surface area contributed by atoms with E-state index in [2.05, 4.69) is 278 Å². The first-order valence-corrected chi connectivity index (χ1v) is 24.1. The Bertz CT molecular complexity index is 3680. The molecule has 69 heavy (non-hydrogen) atoms.